The number of aryl methyl sites for hydroxylation is 1. The van der Waals surface area contributed by atoms with Gasteiger partial charge in [-0.15, -0.1) is 0 Å². The number of carbonyl (C=O) groups excluding carboxylic acids is 2. The third kappa shape index (κ3) is 5.25. The highest BCUT2D eigenvalue weighted by Gasteiger charge is 2.34. The number of amides is 2. The summed E-state index contributed by atoms with van der Waals surface area (Å²) >= 11 is 6.45. The van der Waals surface area contributed by atoms with Crippen LogP contribution in [-0.2, 0) is 4.79 Å². The van der Waals surface area contributed by atoms with Gasteiger partial charge in [-0.05, 0) is 49.8 Å². The lowest BCUT2D eigenvalue weighted by atomic mass is 10.1. The van der Waals surface area contributed by atoms with Crippen molar-refractivity contribution >= 4 is 46.2 Å². The topological polar surface area (TPSA) is 58.6 Å². The summed E-state index contributed by atoms with van der Waals surface area (Å²) in [5.74, 6) is -0.0235. The predicted octanol–water partition coefficient (Wildman–Crippen LogP) is 4.72. The zero-order valence-electron chi connectivity index (χ0n) is 16.3. The van der Waals surface area contributed by atoms with E-state index < -0.39 is 0 Å². The number of hydrogen-bond donors (Lipinski definition) is 1. The maximum absolute atomic E-state index is 12.8. The van der Waals surface area contributed by atoms with Crippen LogP contribution < -0.4 is 10.2 Å². The number of hydrazine groups is 1. The van der Waals surface area contributed by atoms with Crippen molar-refractivity contribution in [2.45, 2.75) is 26.7 Å². The van der Waals surface area contributed by atoms with Gasteiger partial charge in [-0.3, -0.25) is 15.0 Å². The van der Waals surface area contributed by atoms with E-state index in [1.807, 2.05) is 43.3 Å². The molecule has 1 N–H and O–H groups in total. The molecule has 3 rings (SSSR count). The molecule has 2 aromatic carbocycles. The van der Waals surface area contributed by atoms with E-state index in [9.17, 15) is 9.59 Å². The molecule has 29 heavy (non-hydrogen) atoms. The second-order valence-corrected chi connectivity index (χ2v) is 8.24. The van der Waals surface area contributed by atoms with Crippen LogP contribution in [0, 0.1) is 6.92 Å². The molecule has 0 aliphatic carbocycles. The van der Waals surface area contributed by atoms with Crippen LogP contribution in [0.1, 0.15) is 41.3 Å². The van der Waals surface area contributed by atoms with Crippen LogP contribution in [0.2, 0.25) is 0 Å². The summed E-state index contributed by atoms with van der Waals surface area (Å²) in [4.78, 5) is 25.7. The van der Waals surface area contributed by atoms with Crippen molar-refractivity contribution in [3.63, 3.8) is 0 Å². The molecule has 150 valence electrons. The zero-order chi connectivity index (χ0) is 20.8. The Morgan fingerprint density at radius 2 is 1.93 bits per heavy atom. The molecule has 0 unspecified atom stereocenters. The number of para-hydroxylation sites is 1. The molecule has 1 aliphatic rings. The van der Waals surface area contributed by atoms with Crippen molar-refractivity contribution in [1.82, 2.24) is 10.4 Å². The van der Waals surface area contributed by atoms with E-state index in [0.29, 0.717) is 17.1 Å². The molecule has 1 fully saturated rings. The largest absolute Gasteiger partial charge is 0.493 e. The molecule has 5 nitrogen and oxygen atoms in total. The average molecular weight is 427 g/mol. The summed E-state index contributed by atoms with van der Waals surface area (Å²) in [5.41, 5.74) is 4.91. The van der Waals surface area contributed by atoms with Crippen molar-refractivity contribution < 1.29 is 14.3 Å². The number of rotatable bonds is 7. The van der Waals surface area contributed by atoms with E-state index in [4.69, 9.17) is 17.0 Å². The number of thiocarbonyl (C=S) groups is 1. The maximum Gasteiger partial charge on any atom is 0.285 e. The zero-order valence-corrected chi connectivity index (χ0v) is 17.9. The van der Waals surface area contributed by atoms with Gasteiger partial charge < -0.3 is 4.74 Å². The van der Waals surface area contributed by atoms with Crippen molar-refractivity contribution in [2.24, 2.45) is 0 Å². The number of hydrogen-bond acceptors (Lipinski definition) is 5. The quantitative estimate of drug-likeness (QED) is 0.394. The minimum atomic E-state index is -0.383. The minimum absolute atomic E-state index is 0.283. The molecule has 0 saturated carbocycles. The van der Waals surface area contributed by atoms with Gasteiger partial charge >= 0.3 is 0 Å². The number of carbonyl (C=O) groups is 2. The Kier molecular flexibility index (Phi) is 7.06. The first-order chi connectivity index (χ1) is 14.0. The summed E-state index contributed by atoms with van der Waals surface area (Å²) < 4.78 is 6.11. The number of unbranched alkanes of at least 4 members (excludes halogenated alkanes) is 1. The van der Waals surface area contributed by atoms with Crippen LogP contribution >= 0.6 is 24.0 Å². The molecule has 2 aromatic rings. The van der Waals surface area contributed by atoms with Gasteiger partial charge in [0.25, 0.3) is 11.8 Å². The highest BCUT2D eigenvalue weighted by molar-refractivity contribution is 8.26. The fraction of sp³-hybridized carbons (Fsp3) is 0.227. The lowest BCUT2D eigenvalue weighted by Gasteiger charge is -2.15. The fourth-order valence-corrected chi connectivity index (χ4v) is 3.80. The van der Waals surface area contributed by atoms with Gasteiger partial charge in [0, 0.05) is 11.1 Å². The number of thioether (sulfide) groups is 1. The lowest BCUT2D eigenvalue weighted by Crippen LogP contribution is -2.44. The van der Waals surface area contributed by atoms with Crippen LogP contribution in [0.3, 0.4) is 0 Å². The first-order valence-corrected chi connectivity index (χ1v) is 10.6. The van der Waals surface area contributed by atoms with Gasteiger partial charge in [0.1, 0.15) is 5.75 Å². The maximum atomic E-state index is 12.8. The third-order valence-corrected chi connectivity index (χ3v) is 5.58. The normalized spacial score (nSPS) is 15.1. The van der Waals surface area contributed by atoms with Crippen LogP contribution in [0.5, 0.6) is 5.75 Å². The first kappa shape index (κ1) is 21.1. The summed E-state index contributed by atoms with van der Waals surface area (Å²) in [5, 5.41) is 1.12. The fourth-order valence-electron chi connectivity index (χ4n) is 2.63. The summed E-state index contributed by atoms with van der Waals surface area (Å²) in [7, 11) is 0. The van der Waals surface area contributed by atoms with E-state index in [0.717, 1.165) is 46.5 Å². The Labute approximate surface area is 180 Å². The Balaban J connectivity index is 1.75. The molecule has 1 saturated heterocycles. The Hall–Kier alpha value is -2.64. The second kappa shape index (κ2) is 9.71. The summed E-state index contributed by atoms with van der Waals surface area (Å²) in [6, 6.07) is 14.7. The van der Waals surface area contributed by atoms with Gasteiger partial charge in [0.15, 0.2) is 4.32 Å². The highest BCUT2D eigenvalue weighted by atomic mass is 32.2. The van der Waals surface area contributed by atoms with E-state index in [1.54, 1.807) is 18.2 Å². The molecule has 0 spiro atoms. The molecule has 0 atom stereocenters. The van der Waals surface area contributed by atoms with Crippen molar-refractivity contribution in [1.29, 1.82) is 0 Å². The second-order valence-electron chi connectivity index (χ2n) is 6.56. The molecule has 1 aliphatic heterocycles. The van der Waals surface area contributed by atoms with Crippen LogP contribution in [-0.4, -0.2) is 27.8 Å². The van der Waals surface area contributed by atoms with Gasteiger partial charge in [0.2, 0.25) is 0 Å². The van der Waals surface area contributed by atoms with E-state index in [1.165, 1.54) is 0 Å². The molecular weight excluding hydrogens is 404 g/mol. The van der Waals surface area contributed by atoms with Crippen molar-refractivity contribution in [3.05, 3.63) is 70.1 Å². The standard InChI is InChI=1S/C22H22N2O3S2/c1-3-4-13-27-18-8-6-5-7-17(18)14-19-21(26)24(22(28)29-19)23-20(25)16-11-9-15(2)10-12-16/h5-12,14H,3-4,13H2,1-2H3,(H,23,25)/b19-14+. The monoisotopic (exact) mass is 426 g/mol. The Morgan fingerprint density at radius 1 is 1.21 bits per heavy atom. The molecular formula is C22H22N2O3S2. The first-order valence-electron chi connectivity index (χ1n) is 9.37. The molecule has 0 aromatic heterocycles. The van der Waals surface area contributed by atoms with E-state index >= 15 is 0 Å². The minimum Gasteiger partial charge on any atom is -0.493 e. The van der Waals surface area contributed by atoms with E-state index in [-0.39, 0.29) is 16.1 Å². The number of ether oxygens (including phenoxy) is 1. The predicted molar refractivity (Wildman–Crippen MR) is 121 cm³/mol. The van der Waals surface area contributed by atoms with Crippen molar-refractivity contribution in [2.75, 3.05) is 6.61 Å². The SMILES string of the molecule is CCCCOc1ccccc1/C=C1/SC(=S)N(NC(=O)c2ccc(C)cc2)C1=O. The van der Waals surface area contributed by atoms with Crippen LogP contribution in [0.4, 0.5) is 0 Å². The van der Waals surface area contributed by atoms with Gasteiger partial charge in [-0.25, -0.2) is 0 Å². The molecule has 2 amide bonds. The van der Waals surface area contributed by atoms with Gasteiger partial charge in [-0.1, -0.05) is 61.0 Å². The van der Waals surface area contributed by atoms with Crippen LogP contribution in [0.25, 0.3) is 6.08 Å². The molecule has 1 heterocycles. The van der Waals surface area contributed by atoms with Gasteiger partial charge in [-0.2, -0.15) is 5.01 Å². The van der Waals surface area contributed by atoms with Gasteiger partial charge in [0.05, 0.1) is 11.5 Å². The third-order valence-electron chi connectivity index (χ3n) is 4.28. The Morgan fingerprint density at radius 3 is 2.66 bits per heavy atom. The average Bonchev–Trinajstić information content (AvgIpc) is 2.97. The summed E-state index contributed by atoms with van der Waals surface area (Å²) in [6.07, 6.45) is 3.75. The highest BCUT2D eigenvalue weighted by Crippen LogP contribution is 2.33. The summed E-state index contributed by atoms with van der Waals surface area (Å²) in [6.45, 7) is 4.67. The number of nitrogens with one attached hydrogen (secondary N) is 1. The molecule has 0 radical (unpaired) electrons. The molecule has 0 bridgehead atoms. The van der Waals surface area contributed by atoms with Crippen LogP contribution in [0.15, 0.2) is 53.4 Å². The van der Waals surface area contributed by atoms with E-state index in [2.05, 4.69) is 12.3 Å². The molecule has 7 heteroatoms. The Bertz CT molecular complexity index is 955. The lowest BCUT2D eigenvalue weighted by molar-refractivity contribution is -0.123. The smallest absolute Gasteiger partial charge is 0.285 e. The number of nitrogens with zero attached hydrogens (tertiary/aromatic N) is 1. The van der Waals surface area contributed by atoms with Crippen molar-refractivity contribution in [3.8, 4) is 5.75 Å². The number of benzene rings is 2.